The van der Waals surface area contributed by atoms with Crippen molar-refractivity contribution in [2.24, 2.45) is 5.73 Å². The van der Waals surface area contributed by atoms with Crippen molar-refractivity contribution in [3.05, 3.63) is 47.7 Å². The zero-order valence-electron chi connectivity index (χ0n) is 11.3. The van der Waals surface area contributed by atoms with Gasteiger partial charge in [-0.2, -0.15) is 0 Å². The quantitative estimate of drug-likeness (QED) is 0.443. The number of hydrogen-bond donors (Lipinski definition) is 1. The van der Waals surface area contributed by atoms with Crippen molar-refractivity contribution in [1.82, 2.24) is 0 Å². The minimum atomic E-state index is -0.423. The first-order valence-corrected chi connectivity index (χ1v) is 6.47. The molecule has 0 aliphatic rings. The number of rotatable bonds is 8. The highest BCUT2D eigenvalue weighted by Crippen LogP contribution is 2.03. The molecule has 0 saturated heterocycles. The molecule has 0 atom stereocenters. The first-order chi connectivity index (χ1) is 9.22. The van der Waals surface area contributed by atoms with Gasteiger partial charge in [-0.25, -0.2) is 4.79 Å². The van der Waals surface area contributed by atoms with Gasteiger partial charge in [0.25, 0.3) is 0 Å². The van der Waals surface area contributed by atoms with Gasteiger partial charge in [0.2, 0.25) is 0 Å². The maximum atomic E-state index is 11.4. The lowest BCUT2D eigenvalue weighted by Crippen LogP contribution is -2.11. The van der Waals surface area contributed by atoms with Crippen LogP contribution in [-0.2, 0) is 20.7 Å². The minimum absolute atomic E-state index is 0.258. The Morgan fingerprint density at radius 1 is 1.21 bits per heavy atom. The molecule has 0 unspecified atom stereocenters. The zero-order chi connectivity index (χ0) is 13.9. The van der Waals surface area contributed by atoms with Gasteiger partial charge in [0.1, 0.15) is 6.61 Å². The fourth-order valence-electron chi connectivity index (χ4n) is 1.52. The van der Waals surface area contributed by atoms with E-state index in [1.165, 1.54) is 6.08 Å². The molecule has 0 fully saturated rings. The van der Waals surface area contributed by atoms with Crippen LogP contribution in [0.5, 0.6) is 0 Å². The second-order valence-corrected chi connectivity index (χ2v) is 4.16. The molecular weight excluding hydrogens is 242 g/mol. The van der Waals surface area contributed by atoms with Gasteiger partial charge in [-0.3, -0.25) is 0 Å². The van der Waals surface area contributed by atoms with Gasteiger partial charge in [0, 0.05) is 24.8 Å². The Balaban J connectivity index is 2.27. The first-order valence-electron chi connectivity index (χ1n) is 6.47. The second kappa shape index (κ2) is 9.16. The van der Waals surface area contributed by atoms with Crippen LogP contribution in [0.15, 0.2) is 42.1 Å². The third kappa shape index (κ3) is 7.26. The summed E-state index contributed by atoms with van der Waals surface area (Å²) in [6.07, 6.45) is 2.83. The minimum Gasteiger partial charge on any atom is -0.460 e. The van der Waals surface area contributed by atoms with Crippen molar-refractivity contribution >= 4 is 5.97 Å². The standard InChI is InChI=1S/C15H21NO3/c1-2-8-18-9-10-19-15(17)12-14(16)11-13-6-4-3-5-7-13/h3-7,12H,2,8-11,16H2,1H3. The van der Waals surface area contributed by atoms with Crippen molar-refractivity contribution in [2.75, 3.05) is 19.8 Å². The molecule has 0 amide bonds. The lowest BCUT2D eigenvalue weighted by molar-refractivity contribution is -0.139. The number of carbonyl (C=O) groups excluding carboxylic acids is 1. The van der Waals surface area contributed by atoms with Crippen LogP contribution >= 0.6 is 0 Å². The number of allylic oxidation sites excluding steroid dienone is 1. The fraction of sp³-hybridized carbons (Fsp3) is 0.400. The number of nitrogens with two attached hydrogens (primary N) is 1. The highest BCUT2D eigenvalue weighted by atomic mass is 16.6. The summed E-state index contributed by atoms with van der Waals surface area (Å²) in [6.45, 7) is 3.39. The Bertz CT molecular complexity index is 401. The Labute approximate surface area is 114 Å². The van der Waals surface area contributed by atoms with Crippen LogP contribution in [0.2, 0.25) is 0 Å². The molecule has 0 aromatic heterocycles. The smallest absolute Gasteiger partial charge is 0.332 e. The van der Waals surface area contributed by atoms with Crippen LogP contribution in [0.25, 0.3) is 0 Å². The molecule has 2 N–H and O–H groups in total. The molecule has 4 nitrogen and oxygen atoms in total. The molecule has 4 heteroatoms. The molecule has 0 heterocycles. The third-order valence-corrected chi connectivity index (χ3v) is 2.37. The van der Waals surface area contributed by atoms with Crippen molar-refractivity contribution in [3.8, 4) is 0 Å². The molecule has 0 aliphatic carbocycles. The molecule has 19 heavy (non-hydrogen) atoms. The normalized spacial score (nSPS) is 11.3. The van der Waals surface area contributed by atoms with Crippen LogP contribution < -0.4 is 5.73 Å². The summed E-state index contributed by atoms with van der Waals surface area (Å²) in [5.74, 6) is -0.423. The average Bonchev–Trinajstić information content (AvgIpc) is 2.39. The van der Waals surface area contributed by atoms with Gasteiger partial charge in [-0.05, 0) is 12.0 Å². The Kier molecular flexibility index (Phi) is 7.35. The predicted octanol–water partition coefficient (Wildman–Crippen LogP) is 2.04. The van der Waals surface area contributed by atoms with Crippen LogP contribution in [-0.4, -0.2) is 25.8 Å². The van der Waals surface area contributed by atoms with E-state index in [1.54, 1.807) is 0 Å². The summed E-state index contributed by atoms with van der Waals surface area (Å²) < 4.78 is 10.2. The molecule has 1 aromatic rings. The SMILES string of the molecule is CCCOCCOC(=O)C=C(N)Cc1ccccc1. The van der Waals surface area contributed by atoms with Crippen LogP contribution in [0.3, 0.4) is 0 Å². The predicted molar refractivity (Wildman–Crippen MR) is 74.5 cm³/mol. The molecule has 0 saturated carbocycles. The highest BCUT2D eigenvalue weighted by molar-refractivity contribution is 5.82. The Morgan fingerprint density at radius 2 is 1.95 bits per heavy atom. The number of hydrogen-bond acceptors (Lipinski definition) is 4. The number of benzene rings is 1. The summed E-state index contributed by atoms with van der Waals surface area (Å²) in [5, 5.41) is 0. The summed E-state index contributed by atoms with van der Waals surface area (Å²) >= 11 is 0. The van der Waals surface area contributed by atoms with Gasteiger partial charge in [-0.15, -0.1) is 0 Å². The van der Waals surface area contributed by atoms with Crippen molar-refractivity contribution < 1.29 is 14.3 Å². The summed E-state index contributed by atoms with van der Waals surface area (Å²) in [5.41, 5.74) is 7.34. The maximum absolute atomic E-state index is 11.4. The largest absolute Gasteiger partial charge is 0.460 e. The highest BCUT2D eigenvalue weighted by Gasteiger charge is 2.01. The second-order valence-electron chi connectivity index (χ2n) is 4.16. The van der Waals surface area contributed by atoms with Crippen LogP contribution in [0.1, 0.15) is 18.9 Å². The monoisotopic (exact) mass is 263 g/mol. The number of esters is 1. The lowest BCUT2D eigenvalue weighted by Gasteiger charge is -2.04. The van der Waals surface area contributed by atoms with E-state index in [-0.39, 0.29) is 6.61 Å². The molecule has 0 radical (unpaired) electrons. The average molecular weight is 263 g/mol. The summed E-state index contributed by atoms with van der Waals surface area (Å²) in [6, 6.07) is 9.74. The van der Waals surface area contributed by atoms with E-state index in [9.17, 15) is 4.79 Å². The van der Waals surface area contributed by atoms with E-state index >= 15 is 0 Å². The molecule has 0 aliphatic heterocycles. The van der Waals surface area contributed by atoms with Gasteiger partial charge in [-0.1, -0.05) is 37.3 Å². The van der Waals surface area contributed by atoms with E-state index in [1.807, 2.05) is 37.3 Å². The molecule has 1 aromatic carbocycles. The van der Waals surface area contributed by atoms with E-state index in [4.69, 9.17) is 15.2 Å². The van der Waals surface area contributed by atoms with Crippen LogP contribution in [0.4, 0.5) is 0 Å². The van der Waals surface area contributed by atoms with Crippen LogP contribution in [0, 0.1) is 0 Å². The topological polar surface area (TPSA) is 61.5 Å². The number of carbonyl (C=O) groups is 1. The summed E-state index contributed by atoms with van der Waals surface area (Å²) in [4.78, 5) is 11.4. The molecular formula is C15H21NO3. The molecule has 104 valence electrons. The summed E-state index contributed by atoms with van der Waals surface area (Å²) in [7, 11) is 0. The first kappa shape index (κ1) is 15.2. The molecule has 0 bridgehead atoms. The van der Waals surface area contributed by atoms with E-state index in [2.05, 4.69) is 0 Å². The fourth-order valence-corrected chi connectivity index (χ4v) is 1.52. The van der Waals surface area contributed by atoms with Gasteiger partial charge >= 0.3 is 5.97 Å². The van der Waals surface area contributed by atoms with Crippen molar-refractivity contribution in [1.29, 1.82) is 0 Å². The van der Waals surface area contributed by atoms with Crippen molar-refractivity contribution in [2.45, 2.75) is 19.8 Å². The lowest BCUT2D eigenvalue weighted by atomic mass is 10.1. The van der Waals surface area contributed by atoms with Gasteiger partial charge < -0.3 is 15.2 Å². The van der Waals surface area contributed by atoms with E-state index in [0.29, 0.717) is 25.3 Å². The maximum Gasteiger partial charge on any atom is 0.332 e. The van der Waals surface area contributed by atoms with Crippen molar-refractivity contribution in [3.63, 3.8) is 0 Å². The molecule has 1 rings (SSSR count). The third-order valence-electron chi connectivity index (χ3n) is 2.37. The number of ether oxygens (including phenoxy) is 2. The Morgan fingerprint density at radius 3 is 2.63 bits per heavy atom. The Hall–Kier alpha value is -1.81. The van der Waals surface area contributed by atoms with E-state index < -0.39 is 5.97 Å². The van der Waals surface area contributed by atoms with E-state index in [0.717, 1.165) is 12.0 Å². The van der Waals surface area contributed by atoms with Gasteiger partial charge in [0.05, 0.1) is 6.61 Å². The van der Waals surface area contributed by atoms with Gasteiger partial charge in [0.15, 0.2) is 0 Å². The zero-order valence-corrected chi connectivity index (χ0v) is 11.3. The molecule has 0 spiro atoms.